The molecular weight excluding hydrogens is 374 g/mol. The average molecular weight is 402 g/mol. The van der Waals surface area contributed by atoms with E-state index in [2.05, 4.69) is 16.0 Å². The van der Waals surface area contributed by atoms with Crippen molar-refractivity contribution in [1.82, 2.24) is 14.9 Å². The molecule has 0 spiro atoms. The molecule has 0 radical (unpaired) electrons. The predicted molar refractivity (Wildman–Crippen MR) is 116 cm³/mol. The molecule has 0 N–H and O–H groups in total. The maximum Gasteiger partial charge on any atom is 0.253 e. The van der Waals surface area contributed by atoms with Crippen LogP contribution in [0.2, 0.25) is 0 Å². The predicted octanol–water partition coefficient (Wildman–Crippen LogP) is 4.46. The average Bonchev–Trinajstić information content (AvgIpc) is 2.80. The molecule has 1 aromatic carbocycles. The first kappa shape index (κ1) is 20.1. The summed E-state index contributed by atoms with van der Waals surface area (Å²) >= 11 is 0. The molecule has 5 heteroatoms. The van der Waals surface area contributed by atoms with Crippen molar-refractivity contribution in [3.8, 4) is 5.75 Å². The van der Waals surface area contributed by atoms with Gasteiger partial charge in [0.2, 0.25) is 0 Å². The van der Waals surface area contributed by atoms with Crippen LogP contribution in [0.15, 0.2) is 67.1 Å². The fourth-order valence-corrected chi connectivity index (χ4v) is 3.88. The molecule has 1 saturated heterocycles. The van der Waals surface area contributed by atoms with Crippen molar-refractivity contribution < 1.29 is 9.53 Å². The van der Waals surface area contributed by atoms with E-state index in [0.717, 1.165) is 54.9 Å². The topological polar surface area (TPSA) is 55.3 Å². The lowest BCUT2D eigenvalue weighted by Crippen LogP contribution is -2.39. The van der Waals surface area contributed by atoms with Crippen LogP contribution in [0.3, 0.4) is 0 Å². The number of nitrogens with zero attached hydrogens (tertiary/aromatic N) is 3. The van der Waals surface area contributed by atoms with E-state index in [1.807, 2.05) is 66.7 Å². The van der Waals surface area contributed by atoms with Crippen LogP contribution in [0.5, 0.6) is 5.75 Å². The van der Waals surface area contributed by atoms with Gasteiger partial charge in [-0.2, -0.15) is 0 Å². The summed E-state index contributed by atoms with van der Waals surface area (Å²) in [5.74, 6) is 1.45. The van der Waals surface area contributed by atoms with E-state index in [-0.39, 0.29) is 5.91 Å². The van der Waals surface area contributed by atoms with E-state index in [0.29, 0.717) is 12.5 Å². The highest BCUT2D eigenvalue weighted by Gasteiger charge is 2.24. The molecule has 0 bridgehead atoms. The van der Waals surface area contributed by atoms with Crippen LogP contribution < -0.4 is 4.74 Å². The zero-order valence-corrected chi connectivity index (χ0v) is 17.3. The second kappa shape index (κ2) is 9.53. The number of aryl methyl sites for hydroxylation is 1. The van der Waals surface area contributed by atoms with Crippen LogP contribution >= 0.6 is 0 Å². The summed E-state index contributed by atoms with van der Waals surface area (Å²) in [5.41, 5.74) is 3.94. The Kier molecular flexibility index (Phi) is 6.38. The summed E-state index contributed by atoms with van der Waals surface area (Å²) in [4.78, 5) is 23.4. The second-order valence-electron chi connectivity index (χ2n) is 7.93. The summed E-state index contributed by atoms with van der Waals surface area (Å²) in [7, 11) is 0. The lowest BCUT2D eigenvalue weighted by Gasteiger charge is -2.32. The standard InChI is InChI=1S/C25H27N3O2/c1-19-7-8-24(17-27-19)30-18-22-4-2-6-23(15-22)25(29)28-12-9-20(10-13-28)14-21-5-3-11-26-16-21/h2-8,11,15-17,20H,9-10,12-14,18H2,1H3. The van der Waals surface area contributed by atoms with Gasteiger partial charge in [-0.25, -0.2) is 0 Å². The summed E-state index contributed by atoms with van der Waals surface area (Å²) in [6.07, 6.45) is 8.57. The molecule has 2 aromatic heterocycles. The lowest BCUT2D eigenvalue weighted by molar-refractivity contribution is 0.0690. The summed E-state index contributed by atoms with van der Waals surface area (Å²) in [6, 6.07) is 15.7. The molecule has 3 heterocycles. The number of hydrogen-bond acceptors (Lipinski definition) is 4. The van der Waals surface area contributed by atoms with Gasteiger partial charge in [0.05, 0.1) is 6.20 Å². The molecule has 1 aliphatic heterocycles. The van der Waals surface area contributed by atoms with E-state index >= 15 is 0 Å². The van der Waals surface area contributed by atoms with Crippen molar-refractivity contribution >= 4 is 5.91 Å². The zero-order chi connectivity index (χ0) is 20.8. The number of carbonyl (C=O) groups is 1. The van der Waals surface area contributed by atoms with Gasteiger partial charge in [-0.1, -0.05) is 18.2 Å². The second-order valence-corrected chi connectivity index (χ2v) is 7.93. The van der Waals surface area contributed by atoms with Crippen LogP contribution in [0.25, 0.3) is 0 Å². The highest BCUT2D eigenvalue weighted by atomic mass is 16.5. The number of pyridine rings is 2. The number of aromatic nitrogens is 2. The third kappa shape index (κ3) is 5.23. The van der Waals surface area contributed by atoms with Gasteiger partial charge in [0.15, 0.2) is 0 Å². The Morgan fingerprint density at radius 1 is 1.07 bits per heavy atom. The van der Waals surface area contributed by atoms with Gasteiger partial charge >= 0.3 is 0 Å². The van der Waals surface area contributed by atoms with Crippen LogP contribution in [0, 0.1) is 12.8 Å². The van der Waals surface area contributed by atoms with Crippen LogP contribution in [0.4, 0.5) is 0 Å². The molecule has 0 aliphatic carbocycles. The van der Waals surface area contributed by atoms with Gasteiger partial charge in [-0.05, 0) is 73.6 Å². The first-order valence-electron chi connectivity index (χ1n) is 10.5. The molecule has 0 saturated carbocycles. The van der Waals surface area contributed by atoms with E-state index in [1.165, 1.54) is 5.56 Å². The molecule has 0 atom stereocenters. The normalized spacial score (nSPS) is 14.5. The summed E-state index contributed by atoms with van der Waals surface area (Å²) in [5, 5.41) is 0. The molecule has 4 rings (SSSR count). The van der Waals surface area contributed by atoms with Gasteiger partial charge in [0, 0.05) is 36.7 Å². The first-order chi connectivity index (χ1) is 14.7. The molecule has 0 unspecified atom stereocenters. The Hall–Kier alpha value is -3.21. The molecule has 30 heavy (non-hydrogen) atoms. The molecular formula is C25H27N3O2. The van der Waals surface area contributed by atoms with Crippen LogP contribution in [-0.2, 0) is 13.0 Å². The minimum atomic E-state index is 0.105. The third-order valence-corrected chi connectivity index (χ3v) is 5.61. The van der Waals surface area contributed by atoms with Crippen molar-refractivity contribution in [3.63, 3.8) is 0 Å². The van der Waals surface area contributed by atoms with Gasteiger partial charge in [0.25, 0.3) is 5.91 Å². The van der Waals surface area contributed by atoms with Crippen molar-refractivity contribution in [1.29, 1.82) is 0 Å². The number of ether oxygens (including phenoxy) is 1. The smallest absolute Gasteiger partial charge is 0.253 e. The third-order valence-electron chi connectivity index (χ3n) is 5.61. The van der Waals surface area contributed by atoms with E-state index in [4.69, 9.17) is 4.74 Å². The highest BCUT2D eigenvalue weighted by Crippen LogP contribution is 2.23. The van der Waals surface area contributed by atoms with Gasteiger partial charge < -0.3 is 9.64 Å². The minimum absolute atomic E-state index is 0.105. The Balaban J connectivity index is 1.31. The lowest BCUT2D eigenvalue weighted by atomic mass is 9.90. The van der Waals surface area contributed by atoms with Crippen molar-refractivity contribution in [2.75, 3.05) is 13.1 Å². The van der Waals surface area contributed by atoms with E-state index in [1.54, 1.807) is 6.20 Å². The molecule has 154 valence electrons. The van der Waals surface area contributed by atoms with Crippen LogP contribution in [0.1, 0.15) is 40.0 Å². The fourth-order valence-electron chi connectivity index (χ4n) is 3.88. The zero-order valence-electron chi connectivity index (χ0n) is 17.3. The Labute approximate surface area is 177 Å². The Bertz CT molecular complexity index is 965. The SMILES string of the molecule is Cc1ccc(OCc2cccc(C(=O)N3CCC(Cc4cccnc4)CC3)c2)cn1. The van der Waals surface area contributed by atoms with Gasteiger partial charge in [0.1, 0.15) is 12.4 Å². The number of amides is 1. The van der Waals surface area contributed by atoms with Gasteiger partial charge in [-0.15, -0.1) is 0 Å². The summed E-state index contributed by atoms with van der Waals surface area (Å²) < 4.78 is 5.81. The van der Waals surface area contributed by atoms with E-state index < -0.39 is 0 Å². The van der Waals surface area contributed by atoms with Crippen molar-refractivity contribution in [2.24, 2.45) is 5.92 Å². The first-order valence-corrected chi connectivity index (χ1v) is 10.5. The number of rotatable bonds is 6. The van der Waals surface area contributed by atoms with E-state index in [9.17, 15) is 4.79 Å². The molecule has 3 aromatic rings. The number of benzene rings is 1. The number of likely N-dealkylation sites (tertiary alicyclic amines) is 1. The molecule has 1 amide bonds. The monoisotopic (exact) mass is 401 g/mol. The largest absolute Gasteiger partial charge is 0.487 e. The quantitative estimate of drug-likeness (QED) is 0.612. The molecule has 1 aliphatic rings. The maximum atomic E-state index is 13.0. The molecule has 1 fully saturated rings. The minimum Gasteiger partial charge on any atom is -0.487 e. The van der Waals surface area contributed by atoms with Crippen molar-refractivity contribution in [2.45, 2.75) is 32.8 Å². The number of piperidine rings is 1. The highest BCUT2D eigenvalue weighted by molar-refractivity contribution is 5.94. The number of hydrogen-bond donors (Lipinski definition) is 0. The van der Waals surface area contributed by atoms with Gasteiger partial charge in [-0.3, -0.25) is 14.8 Å². The number of carbonyl (C=O) groups excluding carboxylic acids is 1. The molecule has 5 nitrogen and oxygen atoms in total. The Morgan fingerprint density at radius 3 is 2.63 bits per heavy atom. The fraction of sp³-hybridized carbons (Fsp3) is 0.320. The maximum absolute atomic E-state index is 13.0. The van der Waals surface area contributed by atoms with Crippen LogP contribution in [-0.4, -0.2) is 33.9 Å². The van der Waals surface area contributed by atoms with Crippen molar-refractivity contribution in [3.05, 3.63) is 89.5 Å². The Morgan fingerprint density at radius 2 is 1.90 bits per heavy atom. The summed E-state index contributed by atoms with van der Waals surface area (Å²) in [6.45, 7) is 3.97.